The molecule has 7 nitrogen and oxygen atoms in total. The molecule has 176 valence electrons. The van der Waals surface area contributed by atoms with Gasteiger partial charge >= 0.3 is 0 Å². The third-order valence-electron chi connectivity index (χ3n) is 6.07. The van der Waals surface area contributed by atoms with Crippen molar-refractivity contribution in [3.8, 4) is 0 Å². The molecular weight excluding hydrogens is 450 g/mol. The molecule has 0 aromatic heterocycles. The quantitative estimate of drug-likeness (QED) is 0.539. The highest BCUT2D eigenvalue weighted by molar-refractivity contribution is 7.92. The van der Waals surface area contributed by atoms with Crippen molar-refractivity contribution in [3.05, 3.63) is 101 Å². The van der Waals surface area contributed by atoms with Crippen molar-refractivity contribution < 1.29 is 18.0 Å². The van der Waals surface area contributed by atoms with Crippen LogP contribution in [0.1, 0.15) is 51.6 Å². The van der Waals surface area contributed by atoms with Crippen LogP contribution < -0.4 is 10.0 Å². The van der Waals surface area contributed by atoms with Crippen LogP contribution in [0.25, 0.3) is 0 Å². The van der Waals surface area contributed by atoms with E-state index in [1.54, 1.807) is 24.0 Å². The van der Waals surface area contributed by atoms with Crippen LogP contribution in [0, 0.1) is 6.92 Å². The fourth-order valence-electron chi connectivity index (χ4n) is 4.39. The first-order chi connectivity index (χ1) is 16.2. The fraction of sp³-hybridized carbons (Fsp3) is 0.231. The average molecular weight is 478 g/mol. The summed E-state index contributed by atoms with van der Waals surface area (Å²) < 4.78 is 26.1. The molecule has 3 aromatic rings. The molecule has 1 heterocycles. The molecule has 0 saturated carbocycles. The van der Waals surface area contributed by atoms with E-state index in [9.17, 15) is 18.0 Å². The molecule has 4 rings (SSSR count). The summed E-state index contributed by atoms with van der Waals surface area (Å²) in [6.45, 7) is 3.92. The Hall–Kier alpha value is -3.65. The molecule has 0 bridgehead atoms. The highest BCUT2D eigenvalue weighted by Crippen LogP contribution is 2.42. The molecule has 2 N–H and O–H groups in total. The van der Waals surface area contributed by atoms with Crippen LogP contribution in [0.15, 0.2) is 72.8 Å². The number of anilines is 1. The zero-order chi connectivity index (χ0) is 24.5. The van der Waals surface area contributed by atoms with Gasteiger partial charge in [-0.05, 0) is 42.2 Å². The van der Waals surface area contributed by atoms with Crippen LogP contribution in [0.3, 0.4) is 0 Å². The lowest BCUT2D eigenvalue weighted by atomic mass is 9.98. The second-order valence-electron chi connectivity index (χ2n) is 8.48. The minimum Gasteiger partial charge on any atom is -0.350 e. The third kappa shape index (κ3) is 4.68. The van der Waals surface area contributed by atoms with Crippen molar-refractivity contribution in [1.29, 1.82) is 0 Å². The molecule has 0 spiro atoms. The first-order valence-corrected chi connectivity index (χ1v) is 12.9. The molecule has 8 heteroatoms. The number of carbonyl (C=O) groups is 2. The van der Waals surface area contributed by atoms with Gasteiger partial charge in [-0.15, -0.1) is 0 Å². The Bertz CT molecular complexity index is 1320. The Morgan fingerprint density at radius 3 is 2.24 bits per heavy atom. The van der Waals surface area contributed by atoms with E-state index in [0.717, 1.165) is 17.4 Å². The van der Waals surface area contributed by atoms with Gasteiger partial charge in [-0.1, -0.05) is 66.7 Å². The van der Waals surface area contributed by atoms with E-state index in [4.69, 9.17) is 0 Å². The number of fused-ring (bicyclic) bond motifs is 1. The summed E-state index contributed by atoms with van der Waals surface area (Å²) in [5.74, 6) is -0.595. The van der Waals surface area contributed by atoms with Gasteiger partial charge in [-0.3, -0.25) is 14.3 Å². The molecule has 0 radical (unpaired) electrons. The molecule has 2 amide bonds. The Balaban J connectivity index is 1.75. The first-order valence-electron chi connectivity index (χ1n) is 11.0. The normalized spacial score (nSPS) is 16.1. The van der Waals surface area contributed by atoms with Gasteiger partial charge in [-0.25, -0.2) is 8.42 Å². The van der Waals surface area contributed by atoms with Crippen molar-refractivity contribution in [2.45, 2.75) is 32.5 Å². The van der Waals surface area contributed by atoms with Crippen molar-refractivity contribution in [2.75, 3.05) is 11.0 Å². The lowest BCUT2D eigenvalue weighted by Crippen LogP contribution is -2.40. The number of rotatable bonds is 7. The molecule has 2 atom stereocenters. The third-order valence-corrected chi connectivity index (χ3v) is 6.66. The van der Waals surface area contributed by atoms with Crippen LogP contribution in [0.2, 0.25) is 0 Å². The largest absolute Gasteiger partial charge is 0.350 e. The predicted molar refractivity (Wildman–Crippen MR) is 132 cm³/mol. The van der Waals surface area contributed by atoms with Gasteiger partial charge in [0.15, 0.2) is 0 Å². The van der Waals surface area contributed by atoms with Gasteiger partial charge in [0.1, 0.15) is 6.04 Å². The van der Waals surface area contributed by atoms with Gasteiger partial charge in [0, 0.05) is 6.54 Å². The number of nitrogens with zero attached hydrogens (tertiary/aromatic N) is 1. The molecule has 3 aromatic carbocycles. The second kappa shape index (κ2) is 9.30. The molecule has 0 aliphatic carbocycles. The van der Waals surface area contributed by atoms with Gasteiger partial charge in [0.25, 0.3) is 5.91 Å². The summed E-state index contributed by atoms with van der Waals surface area (Å²) in [7, 11) is -3.53. The molecule has 34 heavy (non-hydrogen) atoms. The number of hydrogen-bond donors (Lipinski definition) is 2. The van der Waals surface area contributed by atoms with E-state index >= 15 is 0 Å². The van der Waals surface area contributed by atoms with Crippen LogP contribution >= 0.6 is 0 Å². The minimum absolute atomic E-state index is 0.290. The first kappa shape index (κ1) is 23.5. The van der Waals surface area contributed by atoms with Crippen molar-refractivity contribution in [1.82, 2.24) is 10.2 Å². The van der Waals surface area contributed by atoms with E-state index in [2.05, 4.69) is 10.0 Å². The molecule has 1 unspecified atom stereocenters. The SMILES string of the molecule is Cc1c(NS(C)(=O)=O)ccc2c1C(=O)N([C@H](C)c1ccccc1)C2C(=O)NCc1ccccc1. The standard InChI is InChI=1S/C26H27N3O4S/c1-17-22(28-34(3,32)33)15-14-21-23(17)26(31)29(18(2)20-12-8-5-9-13-20)24(21)25(30)27-16-19-10-6-4-7-11-19/h4-15,18,24,28H,16H2,1-3H3,(H,27,30)/t18-,24?/m1/s1. The minimum atomic E-state index is -3.53. The van der Waals surface area contributed by atoms with E-state index in [1.165, 1.54) is 0 Å². The summed E-state index contributed by atoms with van der Waals surface area (Å²) in [4.78, 5) is 28.8. The van der Waals surface area contributed by atoms with Gasteiger partial charge in [0.2, 0.25) is 15.9 Å². The lowest BCUT2D eigenvalue weighted by Gasteiger charge is -2.31. The molecule has 0 saturated heterocycles. The zero-order valence-electron chi connectivity index (χ0n) is 19.3. The second-order valence-corrected chi connectivity index (χ2v) is 10.2. The van der Waals surface area contributed by atoms with Gasteiger partial charge in [-0.2, -0.15) is 0 Å². The topological polar surface area (TPSA) is 95.6 Å². The van der Waals surface area contributed by atoms with Gasteiger partial charge in [0.05, 0.1) is 23.5 Å². The smallest absolute Gasteiger partial charge is 0.256 e. The lowest BCUT2D eigenvalue weighted by molar-refractivity contribution is -0.126. The highest BCUT2D eigenvalue weighted by atomic mass is 32.2. The number of benzene rings is 3. The molecule has 1 aliphatic heterocycles. The van der Waals surface area contributed by atoms with Crippen LogP contribution in [-0.2, 0) is 21.4 Å². The fourth-order valence-corrected chi connectivity index (χ4v) is 5.01. The maximum atomic E-state index is 13.7. The predicted octanol–water partition coefficient (Wildman–Crippen LogP) is 3.94. The monoisotopic (exact) mass is 477 g/mol. The number of carbonyl (C=O) groups excluding carboxylic acids is 2. The number of hydrogen-bond acceptors (Lipinski definition) is 4. The van der Waals surface area contributed by atoms with E-state index in [1.807, 2.05) is 67.6 Å². The summed E-state index contributed by atoms with van der Waals surface area (Å²) in [5.41, 5.74) is 3.60. The Labute approximate surface area is 199 Å². The Morgan fingerprint density at radius 2 is 1.62 bits per heavy atom. The zero-order valence-corrected chi connectivity index (χ0v) is 20.1. The summed E-state index contributed by atoms with van der Waals surface area (Å²) in [6, 6.07) is 21.1. The number of sulfonamides is 1. The molecule has 0 fully saturated rings. The Morgan fingerprint density at radius 1 is 1.00 bits per heavy atom. The number of amides is 2. The molecular formula is C26H27N3O4S. The Kier molecular flexibility index (Phi) is 6.43. The van der Waals surface area contributed by atoms with Crippen LogP contribution in [0.5, 0.6) is 0 Å². The van der Waals surface area contributed by atoms with Crippen LogP contribution in [0.4, 0.5) is 5.69 Å². The average Bonchev–Trinajstić information content (AvgIpc) is 3.12. The van der Waals surface area contributed by atoms with E-state index in [-0.39, 0.29) is 17.9 Å². The maximum absolute atomic E-state index is 13.7. The number of nitrogens with one attached hydrogen (secondary N) is 2. The molecule has 1 aliphatic rings. The maximum Gasteiger partial charge on any atom is 0.256 e. The van der Waals surface area contributed by atoms with E-state index < -0.39 is 16.1 Å². The van der Waals surface area contributed by atoms with Crippen LogP contribution in [-0.4, -0.2) is 31.4 Å². The van der Waals surface area contributed by atoms with E-state index in [0.29, 0.717) is 28.9 Å². The van der Waals surface area contributed by atoms with Crippen molar-refractivity contribution in [2.24, 2.45) is 0 Å². The summed E-state index contributed by atoms with van der Waals surface area (Å²) >= 11 is 0. The highest BCUT2D eigenvalue weighted by Gasteiger charge is 2.45. The summed E-state index contributed by atoms with van der Waals surface area (Å²) in [6.07, 6.45) is 1.06. The van der Waals surface area contributed by atoms with Crippen molar-refractivity contribution >= 4 is 27.5 Å². The summed E-state index contributed by atoms with van der Waals surface area (Å²) in [5, 5.41) is 2.97. The van der Waals surface area contributed by atoms with Gasteiger partial charge < -0.3 is 10.2 Å². The van der Waals surface area contributed by atoms with Crippen molar-refractivity contribution in [3.63, 3.8) is 0 Å².